The van der Waals surface area contributed by atoms with Gasteiger partial charge in [0.25, 0.3) is 0 Å². The molecule has 100 valence electrons. The summed E-state index contributed by atoms with van der Waals surface area (Å²) in [6.45, 7) is 0.719. The Bertz CT molecular complexity index is 722. The van der Waals surface area contributed by atoms with E-state index in [0.29, 0.717) is 0 Å². The number of hydrogen-bond donors (Lipinski definition) is 0. The number of aromatic nitrogens is 3. The average Bonchev–Trinajstić information content (AvgIpc) is 2.88. The summed E-state index contributed by atoms with van der Waals surface area (Å²) in [6, 6.07) is 16.4. The van der Waals surface area contributed by atoms with Gasteiger partial charge in [0.15, 0.2) is 5.82 Å². The molecule has 2 aromatic carbocycles. The lowest BCUT2D eigenvalue weighted by molar-refractivity contribution is 0.686. The van der Waals surface area contributed by atoms with Crippen molar-refractivity contribution in [1.82, 2.24) is 14.8 Å². The minimum Gasteiger partial charge on any atom is -0.248 e. The molecule has 1 aromatic heterocycles. The number of rotatable bonds is 3. The first kappa shape index (κ1) is 13.8. The lowest BCUT2D eigenvalue weighted by Gasteiger charge is -2.01. The van der Waals surface area contributed by atoms with E-state index in [1.54, 1.807) is 6.33 Å². The third-order valence-electron chi connectivity index (χ3n) is 2.87. The number of nitrogens with zero attached hydrogens (tertiary/aromatic N) is 3. The van der Waals surface area contributed by atoms with E-state index < -0.39 is 0 Å². The molecule has 0 aliphatic carbocycles. The highest BCUT2D eigenvalue weighted by molar-refractivity contribution is 14.1. The zero-order valence-electron chi connectivity index (χ0n) is 10.5. The lowest BCUT2D eigenvalue weighted by Crippen LogP contribution is -2.00. The average molecular weight is 440 g/mol. The van der Waals surface area contributed by atoms with E-state index in [0.717, 1.165) is 22.4 Å². The van der Waals surface area contributed by atoms with Crippen LogP contribution in [0.2, 0.25) is 0 Å². The lowest BCUT2D eigenvalue weighted by atomic mass is 10.2. The maximum absolute atomic E-state index is 4.52. The number of benzene rings is 2. The fraction of sp³-hybridized carbons (Fsp3) is 0.0667. The van der Waals surface area contributed by atoms with E-state index in [1.165, 1.54) is 9.13 Å². The van der Waals surface area contributed by atoms with Crippen LogP contribution in [0.5, 0.6) is 0 Å². The molecule has 1 heterocycles. The van der Waals surface area contributed by atoms with Crippen LogP contribution in [0, 0.1) is 3.57 Å². The first-order valence-corrected chi connectivity index (χ1v) is 7.98. The highest BCUT2D eigenvalue weighted by Gasteiger charge is 2.04. The molecular formula is C15H11BrIN3. The van der Waals surface area contributed by atoms with Crippen molar-refractivity contribution in [3.8, 4) is 11.4 Å². The molecule has 0 fully saturated rings. The number of halogens is 2. The molecule has 0 aliphatic heterocycles. The maximum Gasteiger partial charge on any atom is 0.181 e. The van der Waals surface area contributed by atoms with Gasteiger partial charge < -0.3 is 0 Å². The van der Waals surface area contributed by atoms with Gasteiger partial charge in [0.2, 0.25) is 0 Å². The second-order valence-electron chi connectivity index (χ2n) is 4.40. The molecule has 3 nitrogen and oxygen atoms in total. The van der Waals surface area contributed by atoms with Gasteiger partial charge in [-0.3, -0.25) is 0 Å². The molecule has 3 aromatic rings. The summed E-state index contributed by atoms with van der Waals surface area (Å²) in [5, 5.41) is 4.52. The van der Waals surface area contributed by atoms with E-state index in [1.807, 2.05) is 28.9 Å². The predicted molar refractivity (Wildman–Crippen MR) is 91.4 cm³/mol. The number of hydrogen-bond acceptors (Lipinski definition) is 2. The minimum atomic E-state index is 0.719. The van der Waals surface area contributed by atoms with Crippen molar-refractivity contribution in [3.63, 3.8) is 0 Å². The largest absolute Gasteiger partial charge is 0.248 e. The van der Waals surface area contributed by atoms with E-state index in [9.17, 15) is 0 Å². The van der Waals surface area contributed by atoms with Crippen molar-refractivity contribution in [2.75, 3.05) is 0 Å². The van der Waals surface area contributed by atoms with Crippen molar-refractivity contribution in [2.45, 2.75) is 6.54 Å². The van der Waals surface area contributed by atoms with Gasteiger partial charge in [-0.2, -0.15) is 5.10 Å². The fourth-order valence-corrected chi connectivity index (χ4v) is 2.73. The van der Waals surface area contributed by atoms with E-state index in [4.69, 9.17) is 0 Å². The van der Waals surface area contributed by atoms with Gasteiger partial charge in [-0.05, 0) is 52.4 Å². The SMILES string of the molecule is Brc1cccc(Cn2cnc(-c3ccc(I)cc3)n2)c1. The van der Waals surface area contributed by atoms with Crippen LogP contribution >= 0.6 is 38.5 Å². The molecule has 0 aliphatic rings. The van der Waals surface area contributed by atoms with Gasteiger partial charge in [-0.1, -0.05) is 40.2 Å². The predicted octanol–water partition coefficient (Wildman–Crippen LogP) is 4.36. The van der Waals surface area contributed by atoms with E-state index in [-0.39, 0.29) is 0 Å². The zero-order chi connectivity index (χ0) is 13.9. The van der Waals surface area contributed by atoms with Crippen LogP contribution in [0.4, 0.5) is 0 Å². The summed E-state index contributed by atoms with van der Waals surface area (Å²) in [5.74, 6) is 0.761. The minimum absolute atomic E-state index is 0.719. The normalized spacial score (nSPS) is 10.7. The Kier molecular flexibility index (Phi) is 4.16. The van der Waals surface area contributed by atoms with Gasteiger partial charge in [0.1, 0.15) is 6.33 Å². The van der Waals surface area contributed by atoms with E-state index >= 15 is 0 Å². The molecule has 0 amide bonds. The fourth-order valence-electron chi connectivity index (χ4n) is 1.92. The summed E-state index contributed by atoms with van der Waals surface area (Å²) in [4.78, 5) is 4.37. The van der Waals surface area contributed by atoms with Crippen molar-refractivity contribution >= 4 is 38.5 Å². The molecule has 3 rings (SSSR count). The summed E-state index contributed by atoms with van der Waals surface area (Å²) in [7, 11) is 0. The van der Waals surface area contributed by atoms with Crippen LogP contribution in [0.3, 0.4) is 0 Å². The monoisotopic (exact) mass is 439 g/mol. The highest BCUT2D eigenvalue weighted by Crippen LogP contribution is 2.17. The van der Waals surface area contributed by atoms with Crippen LogP contribution in [-0.2, 0) is 6.54 Å². The van der Waals surface area contributed by atoms with Gasteiger partial charge in [0.05, 0.1) is 6.54 Å². The second-order valence-corrected chi connectivity index (χ2v) is 6.56. The van der Waals surface area contributed by atoms with Gasteiger partial charge in [0, 0.05) is 13.6 Å². The zero-order valence-corrected chi connectivity index (χ0v) is 14.2. The molecule has 20 heavy (non-hydrogen) atoms. The second kappa shape index (κ2) is 6.05. The third kappa shape index (κ3) is 3.27. The van der Waals surface area contributed by atoms with Crippen molar-refractivity contribution in [1.29, 1.82) is 0 Å². The first-order valence-electron chi connectivity index (χ1n) is 6.10. The van der Waals surface area contributed by atoms with Crippen LogP contribution in [0.15, 0.2) is 59.3 Å². The topological polar surface area (TPSA) is 30.7 Å². The standard InChI is InChI=1S/C15H11BrIN3/c16-13-3-1-2-11(8-13)9-20-10-18-15(19-20)12-4-6-14(17)7-5-12/h1-8,10H,9H2. The molecular weight excluding hydrogens is 429 g/mol. The van der Waals surface area contributed by atoms with Crippen LogP contribution < -0.4 is 0 Å². The molecule has 0 saturated heterocycles. The van der Waals surface area contributed by atoms with Gasteiger partial charge >= 0.3 is 0 Å². The quantitative estimate of drug-likeness (QED) is 0.567. The Labute approximate surface area is 139 Å². The smallest absolute Gasteiger partial charge is 0.181 e. The van der Waals surface area contributed by atoms with Crippen LogP contribution in [-0.4, -0.2) is 14.8 Å². The van der Waals surface area contributed by atoms with Crippen molar-refractivity contribution in [3.05, 3.63) is 68.5 Å². The maximum atomic E-state index is 4.52. The Balaban J connectivity index is 1.82. The Morgan fingerprint density at radius 2 is 1.90 bits per heavy atom. The van der Waals surface area contributed by atoms with Crippen molar-refractivity contribution < 1.29 is 0 Å². The van der Waals surface area contributed by atoms with Crippen molar-refractivity contribution in [2.24, 2.45) is 0 Å². The summed E-state index contributed by atoms with van der Waals surface area (Å²) >= 11 is 5.77. The van der Waals surface area contributed by atoms with E-state index in [2.05, 4.69) is 72.9 Å². The Hall–Kier alpha value is -1.21. The Morgan fingerprint density at radius 3 is 2.65 bits per heavy atom. The molecule has 0 atom stereocenters. The molecule has 0 saturated carbocycles. The summed E-state index contributed by atoms with van der Waals surface area (Å²) < 4.78 is 4.14. The highest BCUT2D eigenvalue weighted by atomic mass is 127. The van der Waals surface area contributed by atoms with Gasteiger partial charge in [-0.25, -0.2) is 9.67 Å². The molecule has 0 spiro atoms. The molecule has 5 heteroatoms. The summed E-state index contributed by atoms with van der Waals surface area (Å²) in [5.41, 5.74) is 2.23. The summed E-state index contributed by atoms with van der Waals surface area (Å²) in [6.07, 6.45) is 1.77. The van der Waals surface area contributed by atoms with Crippen LogP contribution in [0.1, 0.15) is 5.56 Å². The van der Waals surface area contributed by atoms with Crippen LogP contribution in [0.25, 0.3) is 11.4 Å². The first-order chi connectivity index (χ1) is 9.70. The molecule has 0 unspecified atom stereocenters. The molecule has 0 bridgehead atoms. The van der Waals surface area contributed by atoms with Gasteiger partial charge in [-0.15, -0.1) is 0 Å². The molecule has 0 N–H and O–H groups in total. The third-order valence-corrected chi connectivity index (χ3v) is 4.08. The Morgan fingerprint density at radius 1 is 1.10 bits per heavy atom. The molecule has 0 radical (unpaired) electrons.